The van der Waals surface area contributed by atoms with Crippen molar-refractivity contribution in [2.24, 2.45) is 5.73 Å². The van der Waals surface area contributed by atoms with E-state index in [1.165, 1.54) is 6.20 Å². The Bertz CT molecular complexity index is 986. The SMILES string of the molecule is Cc1cnc2ccc(-c3c(C#N)ncc(C)c3C(N)=O)cc2c1. The number of nitrogens with two attached hydrogens (primary N) is 1. The van der Waals surface area contributed by atoms with Gasteiger partial charge in [0.05, 0.1) is 11.1 Å². The first-order valence-corrected chi connectivity index (χ1v) is 7.07. The van der Waals surface area contributed by atoms with Crippen molar-refractivity contribution in [3.63, 3.8) is 0 Å². The van der Waals surface area contributed by atoms with Gasteiger partial charge < -0.3 is 5.73 Å². The summed E-state index contributed by atoms with van der Waals surface area (Å²) in [6.07, 6.45) is 3.29. The van der Waals surface area contributed by atoms with Gasteiger partial charge in [-0.15, -0.1) is 0 Å². The fourth-order valence-corrected chi connectivity index (χ4v) is 2.69. The van der Waals surface area contributed by atoms with Crippen LogP contribution in [-0.2, 0) is 0 Å². The van der Waals surface area contributed by atoms with Crippen molar-refractivity contribution in [1.29, 1.82) is 5.26 Å². The molecule has 0 aliphatic rings. The number of benzene rings is 1. The lowest BCUT2D eigenvalue weighted by Crippen LogP contribution is -2.15. The fourth-order valence-electron chi connectivity index (χ4n) is 2.69. The van der Waals surface area contributed by atoms with Gasteiger partial charge in [-0.2, -0.15) is 5.26 Å². The number of hydrogen-bond donors (Lipinski definition) is 1. The highest BCUT2D eigenvalue weighted by Gasteiger charge is 2.19. The Labute approximate surface area is 133 Å². The molecule has 5 heteroatoms. The van der Waals surface area contributed by atoms with Gasteiger partial charge in [0, 0.05) is 23.3 Å². The summed E-state index contributed by atoms with van der Waals surface area (Å²) in [4.78, 5) is 20.4. The van der Waals surface area contributed by atoms with Crippen molar-refractivity contribution in [1.82, 2.24) is 9.97 Å². The number of carbonyl (C=O) groups excluding carboxylic acids is 1. The summed E-state index contributed by atoms with van der Waals surface area (Å²) in [5, 5.41) is 10.3. The number of fused-ring (bicyclic) bond motifs is 1. The molecule has 112 valence electrons. The van der Waals surface area contributed by atoms with Gasteiger partial charge in [-0.25, -0.2) is 4.98 Å². The molecule has 0 bridgehead atoms. The smallest absolute Gasteiger partial charge is 0.249 e. The highest BCUT2D eigenvalue weighted by atomic mass is 16.1. The van der Waals surface area contributed by atoms with Crippen LogP contribution in [0.1, 0.15) is 27.2 Å². The van der Waals surface area contributed by atoms with Crippen LogP contribution in [0.25, 0.3) is 22.0 Å². The molecule has 5 nitrogen and oxygen atoms in total. The molecule has 0 atom stereocenters. The Morgan fingerprint density at radius 1 is 1.17 bits per heavy atom. The molecule has 0 saturated heterocycles. The molecular weight excluding hydrogens is 288 g/mol. The maximum Gasteiger partial charge on any atom is 0.249 e. The maximum absolute atomic E-state index is 11.9. The lowest BCUT2D eigenvalue weighted by molar-refractivity contribution is 0.1000. The van der Waals surface area contributed by atoms with Crippen LogP contribution in [0.4, 0.5) is 0 Å². The average Bonchev–Trinajstić information content (AvgIpc) is 2.53. The third kappa shape index (κ3) is 2.51. The molecule has 0 aliphatic carbocycles. The first-order chi connectivity index (χ1) is 11.0. The summed E-state index contributed by atoms with van der Waals surface area (Å²) in [7, 11) is 0. The van der Waals surface area contributed by atoms with Crippen molar-refractivity contribution in [3.05, 3.63) is 59.0 Å². The molecule has 0 radical (unpaired) electrons. The molecule has 23 heavy (non-hydrogen) atoms. The summed E-state index contributed by atoms with van der Waals surface area (Å²) >= 11 is 0. The molecule has 2 heterocycles. The minimum absolute atomic E-state index is 0.185. The highest BCUT2D eigenvalue weighted by molar-refractivity contribution is 6.03. The van der Waals surface area contributed by atoms with Crippen LogP contribution in [0, 0.1) is 25.2 Å². The lowest BCUT2D eigenvalue weighted by Gasteiger charge is -2.12. The number of pyridine rings is 2. The highest BCUT2D eigenvalue weighted by Crippen LogP contribution is 2.30. The monoisotopic (exact) mass is 302 g/mol. The Kier molecular flexibility index (Phi) is 3.51. The second kappa shape index (κ2) is 5.50. The molecule has 0 saturated carbocycles. The van der Waals surface area contributed by atoms with Crippen LogP contribution in [-0.4, -0.2) is 15.9 Å². The molecule has 1 amide bonds. The number of primary amides is 1. The number of nitrogens with zero attached hydrogens (tertiary/aromatic N) is 3. The molecular formula is C18H14N4O. The second-order valence-corrected chi connectivity index (χ2v) is 5.44. The predicted molar refractivity (Wildman–Crippen MR) is 87.7 cm³/mol. The van der Waals surface area contributed by atoms with Crippen LogP contribution in [0.2, 0.25) is 0 Å². The van der Waals surface area contributed by atoms with Crippen molar-refractivity contribution >= 4 is 16.8 Å². The first-order valence-electron chi connectivity index (χ1n) is 7.07. The molecule has 2 aromatic heterocycles. The van der Waals surface area contributed by atoms with E-state index in [1.807, 2.05) is 37.3 Å². The largest absolute Gasteiger partial charge is 0.366 e. The summed E-state index contributed by atoms with van der Waals surface area (Å²) in [6.45, 7) is 3.72. The van der Waals surface area contributed by atoms with E-state index in [-0.39, 0.29) is 5.69 Å². The number of aromatic nitrogens is 2. The number of amides is 1. The Morgan fingerprint density at radius 2 is 1.96 bits per heavy atom. The molecule has 3 rings (SSSR count). The van der Waals surface area contributed by atoms with Crippen LogP contribution < -0.4 is 5.73 Å². The van der Waals surface area contributed by atoms with E-state index in [1.54, 1.807) is 13.1 Å². The van der Waals surface area contributed by atoms with Crippen LogP contribution in [0.15, 0.2) is 36.7 Å². The van der Waals surface area contributed by atoms with E-state index >= 15 is 0 Å². The summed E-state index contributed by atoms with van der Waals surface area (Å²) in [6, 6.07) is 9.64. The molecule has 3 aromatic rings. The van der Waals surface area contributed by atoms with Crippen LogP contribution in [0.5, 0.6) is 0 Å². The normalized spacial score (nSPS) is 10.5. The zero-order chi connectivity index (χ0) is 16.6. The molecule has 0 aliphatic heterocycles. The zero-order valence-electron chi connectivity index (χ0n) is 12.8. The average molecular weight is 302 g/mol. The van der Waals surface area contributed by atoms with E-state index in [9.17, 15) is 10.1 Å². The standard InChI is InChI=1S/C18H14N4O/c1-10-5-13-6-12(3-4-14(13)21-8-10)17-15(7-19)22-9-11(2)16(17)18(20)23/h3-6,8-9H,1-2H3,(H2,20,23). The van der Waals surface area contributed by atoms with Crippen molar-refractivity contribution in [2.45, 2.75) is 13.8 Å². The molecule has 2 N–H and O–H groups in total. The number of carbonyl (C=O) groups is 1. The van der Waals surface area contributed by atoms with Gasteiger partial charge in [-0.3, -0.25) is 9.78 Å². The van der Waals surface area contributed by atoms with Crippen molar-refractivity contribution < 1.29 is 4.79 Å². The van der Waals surface area contributed by atoms with Gasteiger partial charge in [0.15, 0.2) is 0 Å². The lowest BCUT2D eigenvalue weighted by atomic mass is 9.94. The van der Waals surface area contributed by atoms with E-state index in [0.717, 1.165) is 22.0 Å². The Balaban J connectivity index is 2.36. The summed E-state index contributed by atoms with van der Waals surface area (Å²) < 4.78 is 0. The number of nitriles is 1. The van der Waals surface area contributed by atoms with Gasteiger partial charge in [-0.05, 0) is 48.7 Å². The minimum Gasteiger partial charge on any atom is -0.366 e. The maximum atomic E-state index is 11.9. The third-order valence-electron chi connectivity index (χ3n) is 3.73. The zero-order valence-corrected chi connectivity index (χ0v) is 12.8. The molecule has 0 unspecified atom stereocenters. The van der Waals surface area contributed by atoms with E-state index in [4.69, 9.17) is 5.73 Å². The van der Waals surface area contributed by atoms with E-state index < -0.39 is 5.91 Å². The minimum atomic E-state index is -0.570. The first kappa shape index (κ1) is 14.7. The van der Waals surface area contributed by atoms with E-state index in [2.05, 4.69) is 9.97 Å². The van der Waals surface area contributed by atoms with Crippen molar-refractivity contribution in [3.8, 4) is 17.2 Å². The van der Waals surface area contributed by atoms with Crippen molar-refractivity contribution in [2.75, 3.05) is 0 Å². The quantitative estimate of drug-likeness (QED) is 0.787. The van der Waals surface area contributed by atoms with Crippen LogP contribution in [0.3, 0.4) is 0 Å². The Hall–Kier alpha value is -3.26. The number of hydrogen-bond acceptors (Lipinski definition) is 4. The van der Waals surface area contributed by atoms with Gasteiger partial charge >= 0.3 is 0 Å². The second-order valence-electron chi connectivity index (χ2n) is 5.44. The summed E-state index contributed by atoms with van der Waals surface area (Å²) in [5.74, 6) is -0.570. The fraction of sp³-hybridized carbons (Fsp3) is 0.111. The van der Waals surface area contributed by atoms with E-state index in [0.29, 0.717) is 16.7 Å². The number of rotatable bonds is 2. The van der Waals surface area contributed by atoms with Gasteiger partial charge in [-0.1, -0.05) is 6.07 Å². The number of aryl methyl sites for hydroxylation is 2. The summed E-state index contributed by atoms with van der Waals surface area (Å²) in [5.41, 5.74) is 9.77. The van der Waals surface area contributed by atoms with Crippen LogP contribution >= 0.6 is 0 Å². The molecule has 0 spiro atoms. The third-order valence-corrected chi connectivity index (χ3v) is 3.73. The van der Waals surface area contributed by atoms with Gasteiger partial charge in [0.25, 0.3) is 0 Å². The van der Waals surface area contributed by atoms with Gasteiger partial charge in [0.2, 0.25) is 5.91 Å². The Morgan fingerprint density at radius 3 is 2.65 bits per heavy atom. The molecule has 0 fully saturated rings. The molecule has 1 aromatic carbocycles. The predicted octanol–water partition coefficient (Wildman–Crippen LogP) is 2.88. The topological polar surface area (TPSA) is 92.7 Å². The van der Waals surface area contributed by atoms with Gasteiger partial charge in [0.1, 0.15) is 11.8 Å².